The number of para-hydroxylation sites is 2. The summed E-state index contributed by atoms with van der Waals surface area (Å²) in [5.74, 6) is -0.276. The Hall–Kier alpha value is -2.54. The molecule has 1 heterocycles. The minimum absolute atomic E-state index is 0.113. The number of fused-ring (bicyclic) bond motifs is 1. The molecule has 2 aromatic carbocycles. The van der Waals surface area contributed by atoms with Gasteiger partial charge in [0.05, 0.1) is 23.7 Å². The molecule has 0 saturated carbocycles. The Morgan fingerprint density at radius 3 is 2.56 bits per heavy atom. The lowest BCUT2D eigenvalue weighted by atomic mass is 10.2. The summed E-state index contributed by atoms with van der Waals surface area (Å²) in [7, 11) is -3.55. The maximum absolute atomic E-state index is 12.7. The van der Waals surface area contributed by atoms with E-state index in [1.165, 1.54) is 0 Å². The van der Waals surface area contributed by atoms with Gasteiger partial charge < -0.3 is 14.4 Å². The van der Waals surface area contributed by atoms with Gasteiger partial charge in [-0.2, -0.15) is 0 Å². The van der Waals surface area contributed by atoms with Crippen molar-refractivity contribution >= 4 is 21.5 Å². The number of anilines is 1. The number of ether oxygens (including phenoxy) is 2. The molecule has 0 aliphatic carbocycles. The van der Waals surface area contributed by atoms with Gasteiger partial charge in [0.15, 0.2) is 9.84 Å². The lowest BCUT2D eigenvalue weighted by molar-refractivity contribution is -0.151. The van der Waals surface area contributed by atoms with Gasteiger partial charge in [0.1, 0.15) is 11.6 Å². The van der Waals surface area contributed by atoms with Gasteiger partial charge >= 0.3 is 5.97 Å². The molecule has 7 heteroatoms. The molecule has 0 fully saturated rings. The molecule has 1 aliphatic heterocycles. The van der Waals surface area contributed by atoms with E-state index in [4.69, 9.17) is 9.47 Å². The molecule has 0 amide bonds. The number of rotatable bonds is 5. The summed E-state index contributed by atoms with van der Waals surface area (Å²) >= 11 is 0. The first kappa shape index (κ1) is 17.3. The van der Waals surface area contributed by atoms with Gasteiger partial charge in [-0.3, -0.25) is 0 Å². The summed E-state index contributed by atoms with van der Waals surface area (Å²) in [6, 6.07) is 15.3. The molecule has 0 unspecified atom stereocenters. The molecule has 0 saturated heterocycles. The number of carbonyl (C=O) groups is 1. The highest BCUT2D eigenvalue weighted by atomic mass is 32.2. The lowest BCUT2D eigenvalue weighted by Crippen LogP contribution is -2.46. The third-order valence-electron chi connectivity index (χ3n) is 3.84. The zero-order valence-corrected chi connectivity index (χ0v) is 14.6. The molecule has 0 aromatic heterocycles. The van der Waals surface area contributed by atoms with Crippen molar-refractivity contribution < 1.29 is 22.7 Å². The van der Waals surface area contributed by atoms with E-state index in [9.17, 15) is 13.2 Å². The van der Waals surface area contributed by atoms with Gasteiger partial charge in [-0.1, -0.05) is 30.3 Å². The van der Waals surface area contributed by atoms with Gasteiger partial charge in [0, 0.05) is 0 Å². The topological polar surface area (TPSA) is 72.9 Å². The first-order valence-corrected chi connectivity index (χ1v) is 9.61. The first-order valence-electron chi connectivity index (χ1n) is 7.96. The van der Waals surface area contributed by atoms with E-state index >= 15 is 0 Å². The van der Waals surface area contributed by atoms with Gasteiger partial charge in [-0.25, -0.2) is 13.2 Å². The molecule has 2 aromatic rings. The van der Waals surface area contributed by atoms with Gasteiger partial charge in [-0.05, 0) is 31.2 Å². The minimum Gasteiger partial charge on any atom is -0.475 e. The van der Waals surface area contributed by atoms with Gasteiger partial charge in [-0.15, -0.1) is 0 Å². The van der Waals surface area contributed by atoms with Crippen molar-refractivity contribution in [3.8, 4) is 5.75 Å². The van der Waals surface area contributed by atoms with Crippen molar-refractivity contribution in [3.05, 3.63) is 54.6 Å². The summed E-state index contributed by atoms with van der Waals surface area (Å²) in [6.45, 7) is 2.07. The molecular weight excluding hydrogens is 342 g/mol. The highest BCUT2D eigenvalue weighted by Crippen LogP contribution is 2.34. The van der Waals surface area contributed by atoms with E-state index < -0.39 is 21.9 Å². The highest BCUT2D eigenvalue weighted by molar-refractivity contribution is 7.91. The maximum atomic E-state index is 12.7. The van der Waals surface area contributed by atoms with Crippen LogP contribution in [0.5, 0.6) is 5.75 Å². The number of nitrogens with zero attached hydrogens (tertiary/aromatic N) is 1. The third-order valence-corrected chi connectivity index (χ3v) is 5.48. The molecule has 0 bridgehead atoms. The zero-order chi connectivity index (χ0) is 17.9. The van der Waals surface area contributed by atoms with E-state index in [0.29, 0.717) is 11.4 Å². The molecular formula is C18H19NO5S. The third kappa shape index (κ3) is 3.76. The molecule has 25 heavy (non-hydrogen) atoms. The van der Waals surface area contributed by atoms with E-state index in [1.807, 2.05) is 0 Å². The number of carbonyl (C=O) groups excluding carboxylic acids is 1. The number of benzene rings is 2. The summed E-state index contributed by atoms with van der Waals surface area (Å²) in [4.78, 5) is 13.9. The predicted octanol–water partition coefficient (Wildman–Crippen LogP) is 2.25. The van der Waals surface area contributed by atoms with Crippen LogP contribution in [0.2, 0.25) is 0 Å². The van der Waals surface area contributed by atoms with E-state index in [2.05, 4.69) is 0 Å². The average Bonchev–Trinajstić information content (AvgIpc) is 2.62. The van der Waals surface area contributed by atoms with Crippen LogP contribution in [0, 0.1) is 0 Å². The van der Waals surface area contributed by atoms with Crippen LogP contribution in [0.25, 0.3) is 0 Å². The van der Waals surface area contributed by atoms with Crippen LogP contribution in [0.15, 0.2) is 59.5 Å². The fraction of sp³-hybridized carbons (Fsp3) is 0.278. The van der Waals surface area contributed by atoms with E-state index in [-0.39, 0.29) is 23.9 Å². The van der Waals surface area contributed by atoms with Crippen molar-refractivity contribution in [3.63, 3.8) is 0 Å². The van der Waals surface area contributed by atoms with Crippen LogP contribution in [0.3, 0.4) is 0 Å². The molecule has 3 rings (SSSR count). The molecule has 1 atom stereocenters. The standard InChI is InChI=1S/C18H19NO5S/c1-2-23-18(20)17-12-19(15-10-6-7-11-16(15)24-17)13-25(21,22)14-8-4-3-5-9-14/h3-11,17H,2,12-13H2,1H3/t17-/m0/s1. The number of hydrogen-bond donors (Lipinski definition) is 0. The highest BCUT2D eigenvalue weighted by Gasteiger charge is 2.33. The second kappa shape index (κ2) is 7.14. The largest absolute Gasteiger partial charge is 0.475 e. The van der Waals surface area contributed by atoms with Gasteiger partial charge in [0.25, 0.3) is 0 Å². The van der Waals surface area contributed by atoms with Crippen molar-refractivity contribution in [1.29, 1.82) is 0 Å². The summed E-state index contributed by atoms with van der Waals surface area (Å²) in [5.41, 5.74) is 0.641. The number of hydrogen-bond acceptors (Lipinski definition) is 6. The fourth-order valence-corrected chi connectivity index (χ4v) is 4.07. The van der Waals surface area contributed by atoms with Crippen molar-refractivity contribution in [2.24, 2.45) is 0 Å². The average molecular weight is 361 g/mol. The number of esters is 1. The Labute approximate surface area is 146 Å². The zero-order valence-electron chi connectivity index (χ0n) is 13.8. The molecule has 0 radical (unpaired) electrons. The monoisotopic (exact) mass is 361 g/mol. The van der Waals surface area contributed by atoms with Crippen molar-refractivity contribution in [1.82, 2.24) is 0 Å². The minimum atomic E-state index is -3.55. The molecule has 1 aliphatic rings. The lowest BCUT2D eigenvalue weighted by Gasteiger charge is -2.34. The summed E-state index contributed by atoms with van der Waals surface area (Å²) < 4.78 is 36.1. The van der Waals surface area contributed by atoms with Crippen LogP contribution in [-0.2, 0) is 19.4 Å². The van der Waals surface area contributed by atoms with Gasteiger partial charge in [0.2, 0.25) is 6.10 Å². The van der Waals surface area contributed by atoms with Crippen LogP contribution in [0.4, 0.5) is 5.69 Å². The SMILES string of the molecule is CCOC(=O)[C@@H]1CN(CS(=O)(=O)c2ccccc2)c2ccccc2O1. The molecule has 0 N–H and O–H groups in total. The molecule has 6 nitrogen and oxygen atoms in total. The van der Waals surface area contributed by atoms with Crippen LogP contribution >= 0.6 is 0 Å². The quantitative estimate of drug-likeness (QED) is 0.761. The fourth-order valence-electron chi connectivity index (χ4n) is 2.69. The predicted molar refractivity (Wildman–Crippen MR) is 93.3 cm³/mol. The van der Waals surface area contributed by atoms with Crippen molar-refractivity contribution in [2.45, 2.75) is 17.9 Å². The summed E-state index contributed by atoms with van der Waals surface area (Å²) in [5, 5.41) is 0. The maximum Gasteiger partial charge on any atom is 0.349 e. The second-order valence-electron chi connectivity index (χ2n) is 5.61. The summed E-state index contributed by atoms with van der Waals surface area (Å²) in [6.07, 6.45) is -0.860. The van der Waals surface area contributed by atoms with Crippen LogP contribution in [0.1, 0.15) is 6.92 Å². The number of sulfone groups is 1. The van der Waals surface area contributed by atoms with E-state index in [1.54, 1.807) is 66.4 Å². The van der Waals surface area contributed by atoms with Crippen molar-refractivity contribution in [2.75, 3.05) is 23.9 Å². The Balaban J connectivity index is 1.90. The van der Waals surface area contributed by atoms with Crippen LogP contribution < -0.4 is 9.64 Å². The van der Waals surface area contributed by atoms with Crippen LogP contribution in [-0.4, -0.2) is 39.5 Å². The Morgan fingerprint density at radius 2 is 1.84 bits per heavy atom. The normalized spacial score (nSPS) is 16.7. The first-order chi connectivity index (χ1) is 12.0. The molecule has 132 valence electrons. The Bertz CT molecular complexity index is 851. The Morgan fingerprint density at radius 1 is 1.16 bits per heavy atom. The van der Waals surface area contributed by atoms with E-state index in [0.717, 1.165) is 0 Å². The molecule has 0 spiro atoms. The second-order valence-corrected chi connectivity index (χ2v) is 7.56. The smallest absolute Gasteiger partial charge is 0.349 e. The Kier molecular flexibility index (Phi) is 4.94.